The number of nitrogens with zero attached hydrogens (tertiary/aromatic N) is 6. The number of benzene rings is 4. The van der Waals surface area contributed by atoms with Gasteiger partial charge in [-0.3, -0.25) is 68.2 Å². The summed E-state index contributed by atoms with van der Waals surface area (Å²) in [4.78, 5) is 242. The van der Waals surface area contributed by atoms with Crippen LogP contribution in [-0.4, -0.2) is 255 Å². The number of halogens is 3. The van der Waals surface area contributed by atoms with Crippen LogP contribution in [0.2, 0.25) is 10.0 Å². The first-order chi connectivity index (χ1) is 67.9. The minimum Gasteiger partial charge on any atom is -0.456 e. The molecule has 0 saturated carbocycles. The molecule has 0 aliphatic carbocycles. The number of aliphatic hydroxyl groups excluding tert-OH is 1. The van der Waals surface area contributed by atoms with E-state index in [9.17, 15) is 102 Å². The number of allylic oxidation sites excluding steroid dienone is 2. The zero-order chi connectivity index (χ0) is 110. The normalized spacial score (nSPS) is 25.3. The molecule has 145 heavy (non-hydrogen) atoms. The van der Waals surface area contributed by atoms with E-state index in [0.29, 0.717) is 45.2 Å². The first kappa shape index (κ1) is 124. The topological polar surface area (TPSA) is 529 Å². The van der Waals surface area contributed by atoms with Gasteiger partial charge in [-0.2, -0.15) is 0 Å². The average Bonchev–Trinajstić information content (AvgIpc) is 0.829. The molecule has 0 fully saturated rings. The van der Waals surface area contributed by atoms with Crippen molar-refractivity contribution in [3.05, 3.63) is 185 Å². The van der Waals surface area contributed by atoms with Crippen LogP contribution < -0.4 is 41.4 Å². The highest BCUT2D eigenvalue weighted by Crippen LogP contribution is 2.31. The van der Waals surface area contributed by atoms with Crippen LogP contribution in [0.3, 0.4) is 0 Å². The van der Waals surface area contributed by atoms with E-state index in [1.807, 2.05) is 20.8 Å². The molecule has 4 aromatic carbocycles. The predicted molar refractivity (Wildman–Crippen MR) is 539 cm³/mol. The van der Waals surface area contributed by atoms with Gasteiger partial charge < -0.3 is 89.8 Å². The van der Waals surface area contributed by atoms with Crippen molar-refractivity contribution in [3.63, 3.8) is 0 Å². The van der Waals surface area contributed by atoms with Crippen molar-refractivity contribution in [2.24, 2.45) is 35.5 Å². The van der Waals surface area contributed by atoms with Crippen LogP contribution in [0, 0.1) is 55.7 Å². The Balaban J connectivity index is 0.000000542. The number of nitrogens with one attached hydrogen (secondary N) is 6. The molecule has 0 bridgehead atoms. The van der Waals surface area contributed by atoms with Crippen LogP contribution in [0.5, 0.6) is 11.5 Å². The van der Waals surface area contributed by atoms with Gasteiger partial charge in [0.1, 0.15) is 78.1 Å². The molecular formula is C102H139Cl3N12O28. The maximum atomic E-state index is 14.3. The number of cyclic esters (lactones) is 4. The van der Waals surface area contributed by atoms with Crippen LogP contribution in [0.15, 0.2) is 144 Å². The molecule has 18 atom stereocenters. The number of ether oxygens (including phenoxy) is 7. The molecule has 0 radical (unpaired) electrons. The Labute approximate surface area is 860 Å². The summed E-state index contributed by atoms with van der Waals surface area (Å²) in [7, 11) is 5.57. The number of hydrogen-bond donors (Lipinski definition) is 7. The zero-order valence-corrected chi connectivity index (χ0v) is 88.7. The Morgan fingerprint density at radius 1 is 0.483 bits per heavy atom. The molecule has 2 aliphatic heterocycles. The van der Waals surface area contributed by atoms with E-state index in [1.165, 1.54) is 123 Å². The number of hydrogen-bond acceptors (Lipinski definition) is 28. The minimum absolute atomic E-state index is 0.00495. The molecule has 2 heterocycles. The third kappa shape index (κ3) is 40.0. The second kappa shape index (κ2) is 59.9. The number of likely N-dealkylation sites (N-methyl/N-ethyl adjacent to an activating group) is 4. The number of rotatable bonds is 19. The lowest BCUT2D eigenvalue weighted by Crippen LogP contribution is -2.57. The van der Waals surface area contributed by atoms with E-state index < -0.39 is 220 Å². The summed E-state index contributed by atoms with van der Waals surface area (Å²) in [6, 6.07) is 13.5. The average molecular weight is 2090 g/mol. The van der Waals surface area contributed by atoms with Gasteiger partial charge in [0, 0.05) is 116 Å². The van der Waals surface area contributed by atoms with Gasteiger partial charge in [0.15, 0.2) is 12.2 Å². The molecule has 796 valence electrons. The summed E-state index contributed by atoms with van der Waals surface area (Å²) in [5, 5.41) is 49.5. The van der Waals surface area contributed by atoms with Gasteiger partial charge >= 0.3 is 35.5 Å². The lowest BCUT2D eigenvalue weighted by Gasteiger charge is -2.33. The van der Waals surface area contributed by atoms with E-state index in [1.54, 1.807) is 137 Å². The van der Waals surface area contributed by atoms with Gasteiger partial charge in [-0.15, -0.1) is 0 Å². The molecule has 4 aromatic rings. The first-order valence-electron chi connectivity index (χ1n) is 47.6. The quantitative estimate of drug-likeness (QED) is 0.00872. The van der Waals surface area contributed by atoms with Crippen LogP contribution in [-0.2, 0) is 104 Å². The molecule has 0 aromatic heterocycles. The summed E-state index contributed by atoms with van der Waals surface area (Å²) in [5.74, 6) is -12.7. The monoisotopic (exact) mass is 2080 g/mol. The fourth-order valence-corrected chi connectivity index (χ4v) is 15.2. The fourth-order valence-electron chi connectivity index (χ4n) is 14.9. The van der Waals surface area contributed by atoms with Gasteiger partial charge in [0.25, 0.3) is 23.2 Å². The highest BCUT2D eigenvalue weighted by Gasteiger charge is 2.42. The Morgan fingerprint density at radius 3 is 1.15 bits per heavy atom. The number of carbonyl (C=O) groups excluding carboxylic acids is 16. The molecular weight excluding hydrogens is 1950 g/mol. The van der Waals surface area contributed by atoms with E-state index in [2.05, 4.69) is 36.6 Å². The number of nitro groups is 2. The number of esters is 4. The summed E-state index contributed by atoms with van der Waals surface area (Å²) in [6.45, 7) is 32.2. The zero-order valence-electron chi connectivity index (χ0n) is 86.5. The van der Waals surface area contributed by atoms with Crippen molar-refractivity contribution in [3.8, 4) is 11.5 Å². The lowest BCUT2D eigenvalue weighted by molar-refractivity contribution is -0.385. The molecule has 10 amide bonds. The van der Waals surface area contributed by atoms with Gasteiger partial charge in [-0.05, 0) is 183 Å². The molecule has 6 rings (SSSR count). The van der Waals surface area contributed by atoms with Crippen LogP contribution in [0.1, 0.15) is 188 Å². The van der Waals surface area contributed by atoms with Crippen molar-refractivity contribution in [2.45, 2.75) is 275 Å². The second-order valence-electron chi connectivity index (χ2n) is 37.0. The maximum Gasteiger partial charge on any atom is 0.514 e. The van der Waals surface area contributed by atoms with Crippen molar-refractivity contribution in [2.75, 3.05) is 41.3 Å². The Morgan fingerprint density at radius 2 is 0.821 bits per heavy atom. The van der Waals surface area contributed by atoms with Crippen molar-refractivity contribution in [1.82, 2.24) is 51.5 Å². The summed E-state index contributed by atoms with van der Waals surface area (Å²) in [5.41, 5.74) is 1.26. The lowest BCUT2D eigenvalue weighted by atomic mass is 9.90. The summed E-state index contributed by atoms with van der Waals surface area (Å²) < 4.78 is 38.9. The molecule has 7 N–H and O–H groups in total. The van der Waals surface area contributed by atoms with Crippen LogP contribution >= 0.6 is 34.8 Å². The van der Waals surface area contributed by atoms with Gasteiger partial charge in [-0.1, -0.05) is 154 Å². The Hall–Kier alpha value is -13.2. The number of carbonyl (C=O) groups is 16. The fraction of sp³-hybridized carbons (Fsp3) is 0.529. The number of nitro benzene ring substituents is 2. The predicted octanol–water partition coefficient (Wildman–Crippen LogP) is 12.2. The Kier molecular flexibility index (Phi) is 51.3. The molecule has 43 heteroatoms. The van der Waals surface area contributed by atoms with Crippen LogP contribution in [0.4, 0.5) is 21.0 Å². The Bertz CT molecular complexity index is 5310. The van der Waals surface area contributed by atoms with Gasteiger partial charge in [-0.25, -0.2) is 28.8 Å². The van der Waals surface area contributed by atoms with E-state index in [4.69, 9.17) is 63.2 Å². The van der Waals surface area contributed by atoms with Gasteiger partial charge in [0.05, 0.1) is 29.0 Å². The summed E-state index contributed by atoms with van der Waals surface area (Å²) >= 11 is 17.2. The van der Waals surface area contributed by atoms with Crippen molar-refractivity contribution < 1.29 is 125 Å². The number of non-ortho nitro benzene ring substituents is 2. The number of aliphatic hydroxyl groups is 1. The van der Waals surface area contributed by atoms with Crippen molar-refractivity contribution >= 4 is 141 Å². The molecule has 2 unspecified atom stereocenters. The molecule has 40 nitrogen and oxygen atoms in total. The molecule has 0 spiro atoms. The standard InChI is InChI=1S/C51H69ClN6O14.C44H66ClN5O10.C7H4ClNO4/c1-13-29(5)43-46(61)54-34(10)50(65)72-44(30(6)14-2)32(8)40(71-51(66)69-38-22-20-37(21-23-38)58(67)68)24-15-31(7)49(64)70-41(25-28(3)4)45(60)53-33(9)47(62)57(12)39(26-35-16-18-36(52)19-17-35)48(63)56(11)27-42(59)55-43;1-13-25(5)37-40(54)47-30(10)44(58)60-38(26(6)14-2)28(8)34(51)20-15-27(7)43(57)59-35(21-24(3)4)39(53)46-29(9)41(55)50(12)33(22-31-16-18-32(45)19-17-31)42(56)49(11)23-36(52)48-37;8-7(10)13-6-3-1-5(2-4-6)9(11)12/h14-23,28-29,32-34,39-41,43-44H,13,24-27H2,1-12H3,(H,53,60)(H,54,61)(H,55,59);14-19,24-25,28-30,33-35,37-38,51H,13,20-23H2,1-12H3,(H,46,53)(H,47,54)(H,48,52);1-4H/b30-14+,31-15+;26-14+,27-15+;/t29?,32-,33-,34+,39+,40-,41+,43-,44+;25?,28-,29-,30+,33+,34-,35+,37-,38+;/m00./s1. The highest BCUT2D eigenvalue weighted by atomic mass is 35.5. The largest absolute Gasteiger partial charge is 0.514 e. The molecule has 2 aliphatic rings. The summed E-state index contributed by atoms with van der Waals surface area (Å²) in [6.07, 6.45) is -1.03. The smallest absolute Gasteiger partial charge is 0.456 e. The highest BCUT2D eigenvalue weighted by molar-refractivity contribution is 6.61. The second-order valence-corrected chi connectivity index (χ2v) is 38.2. The maximum absolute atomic E-state index is 14.3. The molecule has 0 saturated heterocycles. The number of amides is 10. The SMILES string of the molecule is C/C=C(\C)[C@H]1OC(=O)[C@@H](C)NC(=O)[C@H](C(C)CC)NC(=O)CN(C)C(=O)[C@@H](Cc2ccc(Cl)cc2)N(C)C(=O)[C@H](C)NC(=O)[C@@H](CC(C)C)OC(=O)/C(C)=C/C[C@H](O)[C@@H]1C.C/C=C(\C)[C@H]1OC(=O)[C@@H](C)NC(=O)[C@H](C(C)CC)NC(=O)CN(C)C(=O)[C@@H](Cc2ccc(Cl)cc2)N(C)C(=O)[C@H](C)NC(=O)[C@@H](CC(C)C)OC(=O)/C(C)=C/C[C@H](OC(=O)Oc2ccc([N+](=O)[O-])cc2)[C@@H]1C.O=C(Cl)Oc1ccc([N+](=O)[O-])cc1. The van der Waals surface area contributed by atoms with E-state index >= 15 is 0 Å². The van der Waals surface area contributed by atoms with E-state index in [0.717, 1.165) is 26.8 Å². The van der Waals surface area contributed by atoms with Crippen molar-refractivity contribution in [1.29, 1.82) is 0 Å². The first-order valence-corrected chi connectivity index (χ1v) is 48.7. The van der Waals surface area contributed by atoms with Crippen LogP contribution in [0.25, 0.3) is 0 Å². The van der Waals surface area contributed by atoms with Gasteiger partial charge in [0.2, 0.25) is 47.3 Å². The third-order valence-electron chi connectivity index (χ3n) is 24.5. The van der Waals surface area contributed by atoms with E-state index in [-0.39, 0.29) is 90.3 Å². The third-order valence-corrected chi connectivity index (χ3v) is 25.1. The minimum atomic E-state index is -1.39.